The van der Waals surface area contributed by atoms with Crippen LogP contribution in [-0.4, -0.2) is 0 Å². The second kappa shape index (κ2) is 5.19. The monoisotopic (exact) mass is 315 g/mol. The van der Waals surface area contributed by atoms with Gasteiger partial charge in [0.05, 0.1) is 12.1 Å². The third-order valence-corrected chi connectivity index (χ3v) is 5.55. The molecule has 3 heteroatoms. The Morgan fingerprint density at radius 1 is 0.957 bits per heavy atom. The maximum absolute atomic E-state index is 7.42. The minimum absolute atomic E-state index is 0.740. The molecule has 23 heavy (non-hydrogen) atoms. The van der Waals surface area contributed by atoms with Gasteiger partial charge in [-0.3, -0.25) is 0 Å². The molecule has 0 amide bonds. The first-order valence-corrected chi connectivity index (χ1v) is 8.29. The van der Waals surface area contributed by atoms with E-state index in [1.165, 1.54) is 32.3 Å². The minimum atomic E-state index is 0.740. The van der Waals surface area contributed by atoms with Crippen molar-refractivity contribution < 1.29 is 4.57 Å². The molecule has 0 spiro atoms. The van der Waals surface area contributed by atoms with Crippen LogP contribution in [0.15, 0.2) is 54.7 Å². The molecular weight excluding hydrogens is 300 g/mol. The number of benzene rings is 2. The maximum atomic E-state index is 7.42. The first-order valence-electron chi connectivity index (χ1n) is 7.48. The van der Waals surface area contributed by atoms with Crippen LogP contribution in [0.25, 0.3) is 36.3 Å². The normalized spacial score (nSPS) is 11.0. The van der Waals surface area contributed by atoms with Gasteiger partial charge in [0.25, 0.3) is 0 Å². The van der Waals surface area contributed by atoms with Crippen LogP contribution in [0.4, 0.5) is 5.69 Å². The molecule has 2 aromatic heterocycles. The van der Waals surface area contributed by atoms with Crippen molar-refractivity contribution in [3.63, 3.8) is 0 Å². The molecule has 0 saturated carbocycles. The number of hydrogen-bond donors (Lipinski definition) is 0. The third-order valence-electron chi connectivity index (χ3n) is 4.29. The Hall–Kier alpha value is -2.70. The smallest absolute Gasteiger partial charge is 0.213 e. The average molecular weight is 315 g/mol. The van der Waals surface area contributed by atoms with Crippen molar-refractivity contribution >= 4 is 37.2 Å². The lowest BCUT2D eigenvalue weighted by Gasteiger charge is -2.05. The average Bonchev–Trinajstić information content (AvgIpc) is 2.94. The van der Waals surface area contributed by atoms with Crippen molar-refractivity contribution in [1.29, 1.82) is 0 Å². The lowest BCUT2D eigenvalue weighted by molar-refractivity contribution is -0.660. The van der Waals surface area contributed by atoms with Crippen LogP contribution in [0.5, 0.6) is 0 Å². The van der Waals surface area contributed by atoms with E-state index >= 15 is 0 Å². The number of thiophene rings is 1. The van der Waals surface area contributed by atoms with Gasteiger partial charge in [-0.15, -0.1) is 11.3 Å². The minimum Gasteiger partial charge on any atom is -0.237 e. The van der Waals surface area contributed by atoms with Gasteiger partial charge in [0, 0.05) is 21.5 Å². The molecule has 0 saturated heterocycles. The van der Waals surface area contributed by atoms with E-state index in [-0.39, 0.29) is 0 Å². The Labute approximate surface area is 139 Å². The van der Waals surface area contributed by atoms with Crippen molar-refractivity contribution in [2.24, 2.45) is 7.05 Å². The first kappa shape index (κ1) is 13.9. The van der Waals surface area contributed by atoms with Gasteiger partial charge in [0.2, 0.25) is 11.4 Å². The van der Waals surface area contributed by atoms with E-state index < -0.39 is 0 Å². The van der Waals surface area contributed by atoms with Gasteiger partial charge in [-0.25, -0.2) is 9.41 Å². The highest BCUT2D eigenvalue weighted by Gasteiger charge is 2.19. The number of aromatic nitrogens is 1. The van der Waals surface area contributed by atoms with E-state index in [4.69, 9.17) is 6.57 Å². The van der Waals surface area contributed by atoms with Gasteiger partial charge in [-0.1, -0.05) is 30.3 Å². The van der Waals surface area contributed by atoms with E-state index in [9.17, 15) is 0 Å². The number of hydrogen-bond acceptors (Lipinski definition) is 1. The van der Waals surface area contributed by atoms with E-state index in [1.807, 2.05) is 18.2 Å². The number of fused-ring (bicyclic) bond motifs is 3. The molecule has 2 aromatic carbocycles. The molecule has 0 fully saturated rings. The summed E-state index contributed by atoms with van der Waals surface area (Å²) < 4.78 is 4.50. The molecular formula is C20H15N2S+. The molecule has 0 aliphatic rings. The SMILES string of the molecule is [C-]#[N+]c1cccc2c1sc1c(-c3cccc[n+]3C)c(C)ccc12. The standard InChI is InChI=1S/C20H15N2S/c1-13-10-11-15-14-7-6-8-16(21-2)19(14)23-20(15)18(13)17-9-4-5-12-22(17)3/h4-12H,1,3H3/q+1. The van der Waals surface area contributed by atoms with E-state index in [0.717, 1.165) is 10.4 Å². The molecule has 0 aliphatic heterocycles. The number of pyridine rings is 1. The first-order chi connectivity index (χ1) is 11.2. The van der Waals surface area contributed by atoms with Crippen LogP contribution in [0, 0.1) is 13.5 Å². The van der Waals surface area contributed by atoms with Crippen molar-refractivity contribution in [3.8, 4) is 11.3 Å². The second-order valence-corrected chi connectivity index (χ2v) is 6.72. The fraction of sp³-hybridized carbons (Fsp3) is 0.100. The molecule has 0 radical (unpaired) electrons. The van der Waals surface area contributed by atoms with Crippen LogP contribution in [0.3, 0.4) is 0 Å². The Balaban J connectivity index is 2.19. The molecule has 4 rings (SSSR count). The van der Waals surface area contributed by atoms with Crippen LogP contribution >= 0.6 is 11.3 Å². The lowest BCUT2D eigenvalue weighted by atomic mass is 10.0. The molecule has 4 aromatic rings. The largest absolute Gasteiger partial charge is 0.237 e. The summed E-state index contributed by atoms with van der Waals surface area (Å²) in [6.07, 6.45) is 2.07. The van der Waals surface area contributed by atoms with E-state index in [2.05, 4.69) is 59.9 Å². The topological polar surface area (TPSA) is 8.24 Å². The van der Waals surface area contributed by atoms with Gasteiger partial charge in [-0.2, -0.15) is 0 Å². The van der Waals surface area contributed by atoms with E-state index in [1.54, 1.807) is 11.3 Å². The fourth-order valence-corrected chi connectivity index (χ4v) is 4.50. The summed E-state index contributed by atoms with van der Waals surface area (Å²) in [6, 6.07) is 16.6. The molecule has 0 atom stereocenters. The Morgan fingerprint density at radius 2 is 1.78 bits per heavy atom. The molecule has 2 nitrogen and oxygen atoms in total. The lowest BCUT2D eigenvalue weighted by Crippen LogP contribution is -2.30. The van der Waals surface area contributed by atoms with Gasteiger partial charge in [0.15, 0.2) is 6.20 Å². The zero-order valence-electron chi connectivity index (χ0n) is 13.0. The van der Waals surface area contributed by atoms with Gasteiger partial charge < -0.3 is 0 Å². The fourth-order valence-electron chi connectivity index (χ4n) is 3.13. The summed E-state index contributed by atoms with van der Waals surface area (Å²) in [6.45, 7) is 9.58. The van der Waals surface area contributed by atoms with Crippen molar-refractivity contribution in [2.75, 3.05) is 0 Å². The Bertz CT molecular complexity index is 1100. The van der Waals surface area contributed by atoms with Crippen LogP contribution in [-0.2, 0) is 7.05 Å². The highest BCUT2D eigenvalue weighted by atomic mass is 32.1. The predicted octanol–water partition coefficient (Wildman–Crippen LogP) is 5.41. The van der Waals surface area contributed by atoms with Crippen molar-refractivity contribution in [1.82, 2.24) is 0 Å². The number of rotatable bonds is 1. The summed E-state index contributed by atoms with van der Waals surface area (Å²) in [4.78, 5) is 3.69. The third kappa shape index (κ3) is 2.03. The van der Waals surface area contributed by atoms with Crippen molar-refractivity contribution in [3.05, 3.63) is 71.7 Å². The summed E-state index contributed by atoms with van der Waals surface area (Å²) in [5.41, 5.74) is 4.47. The second-order valence-electron chi connectivity index (χ2n) is 5.70. The van der Waals surface area contributed by atoms with Crippen LogP contribution in [0.1, 0.15) is 5.56 Å². The Kier molecular flexibility index (Phi) is 3.14. The van der Waals surface area contributed by atoms with Crippen LogP contribution < -0.4 is 4.57 Å². The van der Waals surface area contributed by atoms with Gasteiger partial charge in [0.1, 0.15) is 7.05 Å². The molecule has 0 aliphatic carbocycles. The van der Waals surface area contributed by atoms with Gasteiger partial charge in [-0.05, 0) is 29.3 Å². The van der Waals surface area contributed by atoms with Crippen LogP contribution in [0.2, 0.25) is 0 Å². The number of nitrogens with zero attached hydrogens (tertiary/aromatic N) is 2. The van der Waals surface area contributed by atoms with Gasteiger partial charge >= 0.3 is 0 Å². The molecule has 110 valence electrons. The highest BCUT2D eigenvalue weighted by molar-refractivity contribution is 7.27. The summed E-state index contributed by atoms with van der Waals surface area (Å²) in [5.74, 6) is 0. The zero-order chi connectivity index (χ0) is 16.0. The summed E-state index contributed by atoms with van der Waals surface area (Å²) in [5, 5.41) is 2.42. The molecule has 0 N–H and O–H groups in total. The zero-order valence-corrected chi connectivity index (χ0v) is 13.8. The molecule has 2 heterocycles. The number of aryl methyl sites for hydroxylation is 2. The summed E-state index contributed by atoms with van der Waals surface area (Å²) >= 11 is 1.73. The Morgan fingerprint density at radius 3 is 2.57 bits per heavy atom. The van der Waals surface area contributed by atoms with Crippen molar-refractivity contribution in [2.45, 2.75) is 6.92 Å². The highest BCUT2D eigenvalue weighted by Crippen LogP contribution is 2.43. The maximum Gasteiger partial charge on any atom is 0.213 e. The predicted molar refractivity (Wildman–Crippen MR) is 96.9 cm³/mol. The molecule has 0 unspecified atom stereocenters. The van der Waals surface area contributed by atoms with E-state index in [0.29, 0.717) is 0 Å². The molecule has 0 bridgehead atoms. The quantitative estimate of drug-likeness (QED) is 0.328. The summed E-state index contributed by atoms with van der Waals surface area (Å²) in [7, 11) is 2.07.